The van der Waals surface area contributed by atoms with Crippen molar-refractivity contribution in [2.45, 2.75) is 19.5 Å². The Hall–Kier alpha value is -0.870. The molecule has 1 aromatic heterocycles. The summed E-state index contributed by atoms with van der Waals surface area (Å²) in [5, 5.41) is 0. The molecular weight excluding hydrogens is 276 g/mol. The summed E-state index contributed by atoms with van der Waals surface area (Å²) in [7, 11) is 2.11. The second-order valence-electron chi connectivity index (χ2n) is 4.73. The predicted octanol–water partition coefficient (Wildman–Crippen LogP) is 3.84. The molecule has 2 N–H and O–H groups in total. The van der Waals surface area contributed by atoms with Gasteiger partial charge in [0, 0.05) is 18.0 Å². The van der Waals surface area contributed by atoms with Crippen molar-refractivity contribution in [2.24, 2.45) is 5.73 Å². The van der Waals surface area contributed by atoms with Crippen molar-refractivity contribution >= 4 is 22.9 Å². The normalized spacial score (nSPS) is 12.9. The largest absolute Gasteiger partial charge is 0.329 e. The number of benzene rings is 1. The Labute approximate surface area is 123 Å². The summed E-state index contributed by atoms with van der Waals surface area (Å²) < 4.78 is 0.817. The number of nitrogens with two attached hydrogens (primary N) is 1. The number of rotatable bonds is 5. The minimum Gasteiger partial charge on any atom is -0.329 e. The molecule has 0 aliphatic carbocycles. The van der Waals surface area contributed by atoms with Crippen LogP contribution in [0.2, 0.25) is 4.34 Å². The molecule has 0 amide bonds. The molecule has 19 heavy (non-hydrogen) atoms. The van der Waals surface area contributed by atoms with E-state index < -0.39 is 0 Å². The lowest BCUT2D eigenvalue weighted by molar-refractivity contribution is 0.244. The van der Waals surface area contributed by atoms with E-state index in [0.717, 1.165) is 10.9 Å². The Morgan fingerprint density at radius 2 is 2.00 bits per heavy atom. The van der Waals surface area contributed by atoms with Crippen molar-refractivity contribution in [1.29, 1.82) is 0 Å². The summed E-state index contributed by atoms with van der Waals surface area (Å²) in [6.07, 6.45) is 0. The van der Waals surface area contributed by atoms with Gasteiger partial charge in [-0.25, -0.2) is 0 Å². The SMILES string of the molecule is Cc1ccccc1CN(C)C(CN)c1ccc(Cl)s1. The van der Waals surface area contributed by atoms with Crippen LogP contribution in [0.1, 0.15) is 22.0 Å². The lowest BCUT2D eigenvalue weighted by Crippen LogP contribution is -2.29. The van der Waals surface area contributed by atoms with E-state index in [1.54, 1.807) is 11.3 Å². The second-order valence-corrected chi connectivity index (χ2v) is 6.48. The molecule has 1 atom stereocenters. The molecule has 0 aliphatic heterocycles. The van der Waals surface area contributed by atoms with Crippen LogP contribution >= 0.6 is 22.9 Å². The number of halogens is 1. The summed E-state index contributed by atoms with van der Waals surface area (Å²) in [4.78, 5) is 3.51. The fourth-order valence-corrected chi connectivity index (χ4v) is 3.43. The van der Waals surface area contributed by atoms with Gasteiger partial charge >= 0.3 is 0 Å². The monoisotopic (exact) mass is 294 g/mol. The third-order valence-electron chi connectivity index (χ3n) is 3.36. The van der Waals surface area contributed by atoms with E-state index in [4.69, 9.17) is 17.3 Å². The highest BCUT2D eigenvalue weighted by atomic mass is 35.5. The second kappa shape index (κ2) is 6.53. The molecule has 2 aromatic rings. The van der Waals surface area contributed by atoms with Crippen LogP contribution in [0.5, 0.6) is 0 Å². The maximum atomic E-state index is 6.01. The number of thiophene rings is 1. The van der Waals surface area contributed by atoms with Gasteiger partial charge in [-0.3, -0.25) is 4.90 Å². The van der Waals surface area contributed by atoms with Crippen LogP contribution in [0, 0.1) is 6.92 Å². The predicted molar refractivity (Wildman–Crippen MR) is 83.8 cm³/mol. The van der Waals surface area contributed by atoms with Gasteiger partial charge in [-0.15, -0.1) is 11.3 Å². The average molecular weight is 295 g/mol. The van der Waals surface area contributed by atoms with Gasteiger partial charge in [-0.2, -0.15) is 0 Å². The van der Waals surface area contributed by atoms with E-state index in [0.29, 0.717) is 6.54 Å². The summed E-state index contributed by atoms with van der Waals surface area (Å²) in [5.74, 6) is 0. The molecule has 0 fully saturated rings. The summed E-state index contributed by atoms with van der Waals surface area (Å²) in [6.45, 7) is 3.63. The lowest BCUT2D eigenvalue weighted by Gasteiger charge is -2.26. The van der Waals surface area contributed by atoms with Crippen LogP contribution in [-0.4, -0.2) is 18.5 Å². The highest BCUT2D eigenvalue weighted by Crippen LogP contribution is 2.30. The Bertz CT molecular complexity index is 538. The van der Waals surface area contributed by atoms with E-state index in [2.05, 4.69) is 49.2 Å². The highest BCUT2D eigenvalue weighted by molar-refractivity contribution is 7.16. The third kappa shape index (κ3) is 3.57. The molecule has 0 aliphatic rings. The quantitative estimate of drug-likeness (QED) is 0.908. The molecule has 1 heterocycles. The van der Waals surface area contributed by atoms with Crippen molar-refractivity contribution in [3.05, 3.63) is 56.7 Å². The number of likely N-dealkylation sites (N-methyl/N-ethyl adjacent to an activating group) is 1. The molecule has 0 bridgehead atoms. The highest BCUT2D eigenvalue weighted by Gasteiger charge is 2.18. The summed E-state index contributed by atoms with van der Waals surface area (Å²) >= 11 is 7.62. The standard InChI is InChI=1S/C15H19ClN2S/c1-11-5-3-4-6-12(11)10-18(2)13(9-17)14-7-8-15(16)19-14/h3-8,13H,9-10,17H2,1-2H3. The van der Waals surface area contributed by atoms with Crippen molar-refractivity contribution in [3.63, 3.8) is 0 Å². The van der Waals surface area contributed by atoms with Gasteiger partial charge in [0.2, 0.25) is 0 Å². The maximum absolute atomic E-state index is 6.01. The van der Waals surface area contributed by atoms with E-state index in [1.807, 2.05) is 6.07 Å². The summed E-state index contributed by atoms with van der Waals surface area (Å²) in [5.41, 5.74) is 8.58. The smallest absolute Gasteiger partial charge is 0.0931 e. The molecule has 0 radical (unpaired) electrons. The Morgan fingerprint density at radius 1 is 1.26 bits per heavy atom. The van der Waals surface area contributed by atoms with E-state index in [9.17, 15) is 0 Å². The zero-order chi connectivity index (χ0) is 13.8. The molecule has 1 unspecified atom stereocenters. The Balaban J connectivity index is 2.13. The van der Waals surface area contributed by atoms with Gasteiger partial charge < -0.3 is 5.73 Å². The van der Waals surface area contributed by atoms with E-state index in [1.165, 1.54) is 16.0 Å². The Kier molecular flexibility index (Phi) is 4.99. The fourth-order valence-electron chi connectivity index (χ4n) is 2.19. The minimum atomic E-state index is 0.220. The zero-order valence-electron chi connectivity index (χ0n) is 11.3. The van der Waals surface area contributed by atoms with Crippen molar-refractivity contribution in [1.82, 2.24) is 4.90 Å². The van der Waals surface area contributed by atoms with Crippen LogP contribution in [0.15, 0.2) is 36.4 Å². The van der Waals surface area contributed by atoms with Gasteiger partial charge in [0.1, 0.15) is 0 Å². The number of nitrogens with zero attached hydrogens (tertiary/aromatic N) is 1. The number of aryl methyl sites for hydroxylation is 1. The molecule has 1 aromatic carbocycles. The first-order valence-corrected chi connectivity index (χ1v) is 7.51. The summed E-state index contributed by atoms with van der Waals surface area (Å²) in [6, 6.07) is 12.7. The zero-order valence-corrected chi connectivity index (χ0v) is 12.8. The molecule has 0 saturated carbocycles. The molecular formula is C15H19ClN2S. The van der Waals surface area contributed by atoms with Gasteiger partial charge in [-0.1, -0.05) is 35.9 Å². The molecule has 0 spiro atoms. The van der Waals surface area contributed by atoms with Crippen LogP contribution in [0.3, 0.4) is 0 Å². The van der Waals surface area contributed by atoms with Crippen LogP contribution in [0.4, 0.5) is 0 Å². The van der Waals surface area contributed by atoms with Gasteiger partial charge in [0.05, 0.1) is 10.4 Å². The maximum Gasteiger partial charge on any atom is 0.0931 e. The Morgan fingerprint density at radius 3 is 2.58 bits per heavy atom. The first kappa shape index (κ1) is 14.5. The van der Waals surface area contributed by atoms with E-state index in [-0.39, 0.29) is 6.04 Å². The van der Waals surface area contributed by atoms with Gasteiger partial charge in [0.25, 0.3) is 0 Å². The lowest BCUT2D eigenvalue weighted by atomic mass is 10.1. The van der Waals surface area contributed by atoms with Crippen molar-refractivity contribution in [2.75, 3.05) is 13.6 Å². The molecule has 102 valence electrons. The van der Waals surface area contributed by atoms with Gasteiger partial charge in [0.15, 0.2) is 0 Å². The fraction of sp³-hybridized carbons (Fsp3) is 0.333. The molecule has 2 nitrogen and oxygen atoms in total. The van der Waals surface area contributed by atoms with Crippen LogP contribution < -0.4 is 5.73 Å². The average Bonchev–Trinajstić information content (AvgIpc) is 2.80. The first-order chi connectivity index (χ1) is 9.11. The minimum absolute atomic E-state index is 0.220. The molecule has 4 heteroatoms. The molecule has 0 saturated heterocycles. The van der Waals surface area contributed by atoms with Crippen molar-refractivity contribution < 1.29 is 0 Å². The number of hydrogen-bond acceptors (Lipinski definition) is 3. The first-order valence-electron chi connectivity index (χ1n) is 6.32. The number of hydrogen-bond donors (Lipinski definition) is 1. The topological polar surface area (TPSA) is 29.3 Å². The van der Waals surface area contributed by atoms with Gasteiger partial charge in [-0.05, 0) is 37.2 Å². The van der Waals surface area contributed by atoms with Crippen LogP contribution in [-0.2, 0) is 6.54 Å². The van der Waals surface area contributed by atoms with Crippen molar-refractivity contribution in [3.8, 4) is 0 Å². The molecule has 2 rings (SSSR count). The third-order valence-corrected chi connectivity index (χ3v) is 4.69. The van der Waals surface area contributed by atoms with E-state index >= 15 is 0 Å². The van der Waals surface area contributed by atoms with Crippen LogP contribution in [0.25, 0.3) is 0 Å².